The molecule has 1 unspecified atom stereocenters. The van der Waals surface area contributed by atoms with Crippen molar-refractivity contribution in [3.8, 4) is 0 Å². The van der Waals surface area contributed by atoms with Crippen LogP contribution in [0.2, 0.25) is 0 Å². The first-order valence-electron chi connectivity index (χ1n) is 7.67. The number of thiocarbonyl (C=S) groups is 1. The molecule has 0 bridgehead atoms. The molecule has 21 heavy (non-hydrogen) atoms. The maximum Gasteiger partial charge on any atom is 0.272 e. The van der Waals surface area contributed by atoms with Crippen molar-refractivity contribution in [2.75, 3.05) is 13.1 Å². The number of hydrogen-bond donors (Lipinski definition) is 1. The predicted octanol–water partition coefficient (Wildman–Crippen LogP) is 2.76. The predicted molar refractivity (Wildman–Crippen MR) is 88.3 cm³/mol. The fourth-order valence-electron chi connectivity index (χ4n) is 2.89. The minimum absolute atomic E-state index is 0.0154. The summed E-state index contributed by atoms with van der Waals surface area (Å²) in [5, 5.41) is 0. The molecule has 1 atom stereocenters. The zero-order valence-corrected chi connectivity index (χ0v) is 13.4. The van der Waals surface area contributed by atoms with Crippen LogP contribution in [-0.4, -0.2) is 33.9 Å². The lowest BCUT2D eigenvalue weighted by molar-refractivity contribution is 0.0754. The summed E-state index contributed by atoms with van der Waals surface area (Å²) in [5.74, 6) is 0.777. The van der Waals surface area contributed by atoms with Gasteiger partial charge in [-0.25, -0.2) is 0 Å². The first-order chi connectivity index (χ1) is 10.1. The molecule has 0 aromatic carbocycles. The number of carbonyl (C=O) groups is 1. The quantitative estimate of drug-likeness (QED) is 0.869. The Morgan fingerprint density at radius 3 is 2.86 bits per heavy atom. The van der Waals surface area contributed by atoms with E-state index in [0.29, 0.717) is 16.2 Å². The summed E-state index contributed by atoms with van der Waals surface area (Å²) in [5.41, 5.74) is 6.71. The minimum Gasteiger partial charge on any atom is -0.389 e. The molecule has 114 valence electrons. The molecule has 4 nitrogen and oxygen atoms in total. The van der Waals surface area contributed by atoms with Crippen molar-refractivity contribution in [2.45, 2.75) is 39.0 Å². The summed E-state index contributed by atoms with van der Waals surface area (Å²) >= 11 is 4.89. The van der Waals surface area contributed by atoms with Crippen LogP contribution in [0.4, 0.5) is 0 Å². The van der Waals surface area contributed by atoms with Crippen LogP contribution >= 0.6 is 12.2 Å². The molecule has 0 spiro atoms. The highest BCUT2D eigenvalue weighted by atomic mass is 32.1. The molecule has 1 saturated heterocycles. The van der Waals surface area contributed by atoms with Gasteiger partial charge < -0.3 is 10.6 Å². The topological polar surface area (TPSA) is 59.2 Å². The summed E-state index contributed by atoms with van der Waals surface area (Å²) in [7, 11) is 0. The molecule has 0 radical (unpaired) electrons. The molecule has 1 aromatic heterocycles. The number of pyridine rings is 1. The number of amides is 1. The number of hydrogen-bond acceptors (Lipinski definition) is 3. The molecule has 1 fully saturated rings. The third-order valence-corrected chi connectivity index (χ3v) is 4.33. The molecule has 0 aliphatic carbocycles. The van der Waals surface area contributed by atoms with Gasteiger partial charge in [0.15, 0.2) is 0 Å². The summed E-state index contributed by atoms with van der Waals surface area (Å²) in [6.45, 7) is 3.89. The Morgan fingerprint density at radius 1 is 1.43 bits per heavy atom. The van der Waals surface area contributed by atoms with Crippen molar-refractivity contribution in [3.05, 3.63) is 29.6 Å². The monoisotopic (exact) mass is 305 g/mol. The van der Waals surface area contributed by atoms with E-state index in [9.17, 15) is 4.79 Å². The van der Waals surface area contributed by atoms with Crippen molar-refractivity contribution in [2.24, 2.45) is 11.7 Å². The van der Waals surface area contributed by atoms with E-state index in [1.807, 2.05) is 4.90 Å². The van der Waals surface area contributed by atoms with E-state index in [1.165, 1.54) is 19.3 Å². The standard InChI is InChI=1S/C16H23N3OS/c1-2-4-12-5-3-9-19(10-8-12)16(20)14-7-6-13(11-18-14)15(17)21/h6-7,11-12H,2-5,8-10H2,1H3,(H2,17,21). The van der Waals surface area contributed by atoms with Gasteiger partial charge in [0, 0.05) is 24.8 Å². The van der Waals surface area contributed by atoms with Crippen LogP contribution < -0.4 is 5.73 Å². The molecular formula is C16H23N3OS. The van der Waals surface area contributed by atoms with E-state index in [2.05, 4.69) is 11.9 Å². The van der Waals surface area contributed by atoms with E-state index in [-0.39, 0.29) is 5.91 Å². The molecule has 1 amide bonds. The lowest BCUT2D eigenvalue weighted by atomic mass is 9.96. The Bertz CT molecular complexity index is 501. The zero-order valence-electron chi connectivity index (χ0n) is 12.5. The third-order valence-electron chi connectivity index (χ3n) is 4.10. The molecule has 1 aliphatic rings. The zero-order chi connectivity index (χ0) is 15.2. The second-order valence-corrected chi connectivity index (χ2v) is 6.11. The molecular weight excluding hydrogens is 282 g/mol. The maximum atomic E-state index is 12.5. The molecule has 5 heteroatoms. The fraction of sp³-hybridized carbons (Fsp3) is 0.562. The van der Waals surface area contributed by atoms with Crippen molar-refractivity contribution in [3.63, 3.8) is 0 Å². The van der Waals surface area contributed by atoms with E-state index < -0.39 is 0 Å². The van der Waals surface area contributed by atoms with Gasteiger partial charge in [-0.3, -0.25) is 9.78 Å². The van der Waals surface area contributed by atoms with Gasteiger partial charge in [-0.15, -0.1) is 0 Å². The number of rotatable bonds is 4. The van der Waals surface area contributed by atoms with E-state index in [4.69, 9.17) is 18.0 Å². The summed E-state index contributed by atoms with van der Waals surface area (Å²) in [6.07, 6.45) is 7.48. The van der Waals surface area contributed by atoms with Gasteiger partial charge in [-0.05, 0) is 37.3 Å². The molecule has 2 N–H and O–H groups in total. The summed E-state index contributed by atoms with van der Waals surface area (Å²) < 4.78 is 0. The van der Waals surface area contributed by atoms with Gasteiger partial charge >= 0.3 is 0 Å². The third kappa shape index (κ3) is 4.24. The van der Waals surface area contributed by atoms with Gasteiger partial charge in [0.2, 0.25) is 0 Å². The summed E-state index contributed by atoms with van der Waals surface area (Å²) in [6, 6.07) is 3.48. The van der Waals surface area contributed by atoms with Crippen molar-refractivity contribution in [1.82, 2.24) is 9.88 Å². The van der Waals surface area contributed by atoms with E-state index in [1.54, 1.807) is 18.3 Å². The second kappa shape index (κ2) is 7.50. The Hall–Kier alpha value is -1.49. The average molecular weight is 305 g/mol. The van der Waals surface area contributed by atoms with E-state index in [0.717, 1.165) is 31.8 Å². The van der Waals surface area contributed by atoms with Crippen LogP contribution in [0.5, 0.6) is 0 Å². The smallest absolute Gasteiger partial charge is 0.272 e. The van der Waals surface area contributed by atoms with Gasteiger partial charge in [0.05, 0.1) is 0 Å². The van der Waals surface area contributed by atoms with E-state index >= 15 is 0 Å². The Balaban J connectivity index is 2.00. The number of aromatic nitrogens is 1. The number of likely N-dealkylation sites (tertiary alicyclic amines) is 1. The highest BCUT2D eigenvalue weighted by Gasteiger charge is 2.21. The number of nitrogens with zero attached hydrogens (tertiary/aromatic N) is 2. The van der Waals surface area contributed by atoms with Gasteiger partial charge in [-0.1, -0.05) is 32.0 Å². The Labute approximate surface area is 131 Å². The van der Waals surface area contributed by atoms with Gasteiger partial charge in [-0.2, -0.15) is 0 Å². The average Bonchev–Trinajstić information content (AvgIpc) is 2.73. The van der Waals surface area contributed by atoms with Crippen LogP contribution in [0.3, 0.4) is 0 Å². The van der Waals surface area contributed by atoms with Crippen molar-refractivity contribution >= 4 is 23.1 Å². The van der Waals surface area contributed by atoms with Crippen LogP contribution in [-0.2, 0) is 0 Å². The maximum absolute atomic E-state index is 12.5. The molecule has 2 heterocycles. The molecule has 1 aromatic rings. The lowest BCUT2D eigenvalue weighted by Crippen LogP contribution is -2.32. The van der Waals surface area contributed by atoms with Crippen molar-refractivity contribution < 1.29 is 4.79 Å². The first kappa shape index (κ1) is 15.9. The van der Waals surface area contributed by atoms with Crippen LogP contribution in [0.25, 0.3) is 0 Å². The largest absolute Gasteiger partial charge is 0.389 e. The molecule has 1 aliphatic heterocycles. The fourth-order valence-corrected chi connectivity index (χ4v) is 3.01. The summed E-state index contributed by atoms with van der Waals surface area (Å²) in [4.78, 5) is 18.9. The second-order valence-electron chi connectivity index (χ2n) is 5.67. The van der Waals surface area contributed by atoms with Gasteiger partial charge in [0.25, 0.3) is 5.91 Å². The SMILES string of the molecule is CCCC1CCCN(C(=O)c2ccc(C(N)=S)cn2)CC1. The number of carbonyl (C=O) groups excluding carboxylic acids is 1. The number of nitrogens with two attached hydrogens (primary N) is 1. The minimum atomic E-state index is 0.0154. The Kier molecular flexibility index (Phi) is 5.67. The van der Waals surface area contributed by atoms with Gasteiger partial charge in [0.1, 0.15) is 10.7 Å². The van der Waals surface area contributed by atoms with Crippen LogP contribution in [0, 0.1) is 5.92 Å². The van der Waals surface area contributed by atoms with Crippen LogP contribution in [0.1, 0.15) is 55.1 Å². The molecule has 2 rings (SSSR count). The Morgan fingerprint density at radius 2 is 2.24 bits per heavy atom. The lowest BCUT2D eigenvalue weighted by Gasteiger charge is -2.20. The highest BCUT2D eigenvalue weighted by molar-refractivity contribution is 7.80. The highest BCUT2D eigenvalue weighted by Crippen LogP contribution is 2.22. The first-order valence-corrected chi connectivity index (χ1v) is 8.07. The van der Waals surface area contributed by atoms with Crippen LogP contribution in [0.15, 0.2) is 18.3 Å². The normalized spacial score (nSPS) is 19.1. The van der Waals surface area contributed by atoms with Crippen molar-refractivity contribution in [1.29, 1.82) is 0 Å². The molecule has 0 saturated carbocycles.